The van der Waals surface area contributed by atoms with E-state index in [2.05, 4.69) is 18.2 Å². The van der Waals surface area contributed by atoms with Gasteiger partial charge in [0.2, 0.25) is 0 Å². The molecule has 2 heteroatoms. The third kappa shape index (κ3) is 4.15. The summed E-state index contributed by atoms with van der Waals surface area (Å²) in [6, 6.07) is 4.36. The van der Waals surface area contributed by atoms with Crippen LogP contribution < -0.4 is 5.32 Å². The summed E-state index contributed by atoms with van der Waals surface area (Å²) in [4.78, 5) is 0. The summed E-state index contributed by atoms with van der Waals surface area (Å²) in [5.74, 6) is 3.66. The van der Waals surface area contributed by atoms with Crippen molar-refractivity contribution in [1.29, 1.82) is 0 Å². The van der Waals surface area contributed by atoms with Crippen LogP contribution in [0.15, 0.2) is 22.8 Å². The maximum absolute atomic E-state index is 5.26. The van der Waals surface area contributed by atoms with Crippen LogP contribution >= 0.6 is 0 Å². The van der Waals surface area contributed by atoms with Crippen LogP contribution in [0.5, 0.6) is 0 Å². The molecule has 0 saturated carbocycles. The smallest absolute Gasteiger partial charge is 0.105 e. The molecule has 1 atom stereocenters. The SMILES string of the molecule is C#CCCCNC(C)Cc1ccco1. The van der Waals surface area contributed by atoms with Crippen molar-refractivity contribution < 1.29 is 4.42 Å². The van der Waals surface area contributed by atoms with Crippen molar-refractivity contribution in [3.05, 3.63) is 24.2 Å². The fraction of sp³-hybridized carbons (Fsp3) is 0.500. The molecule has 1 aromatic heterocycles. The summed E-state index contributed by atoms with van der Waals surface area (Å²) >= 11 is 0. The Morgan fingerprint density at radius 1 is 1.64 bits per heavy atom. The van der Waals surface area contributed by atoms with Gasteiger partial charge in [-0.25, -0.2) is 0 Å². The minimum absolute atomic E-state index is 0.443. The van der Waals surface area contributed by atoms with Crippen LogP contribution in [-0.2, 0) is 6.42 Å². The first kappa shape index (κ1) is 10.9. The molecule has 0 aliphatic heterocycles. The molecular formula is C12H17NO. The Kier molecular flexibility index (Phi) is 4.88. The molecule has 0 radical (unpaired) electrons. The van der Waals surface area contributed by atoms with Gasteiger partial charge in [-0.15, -0.1) is 12.3 Å². The van der Waals surface area contributed by atoms with E-state index in [1.807, 2.05) is 12.1 Å². The third-order valence-electron chi connectivity index (χ3n) is 2.08. The number of unbranched alkanes of at least 4 members (excludes halogenated alkanes) is 1. The summed E-state index contributed by atoms with van der Waals surface area (Å²) in [7, 11) is 0. The predicted octanol–water partition coefficient (Wildman–Crippen LogP) is 2.21. The summed E-state index contributed by atoms with van der Waals surface area (Å²) in [6.07, 6.45) is 9.69. The first-order valence-corrected chi connectivity index (χ1v) is 5.02. The van der Waals surface area contributed by atoms with Crippen molar-refractivity contribution in [2.45, 2.75) is 32.2 Å². The molecule has 0 spiro atoms. The summed E-state index contributed by atoms with van der Waals surface area (Å²) < 4.78 is 5.26. The second-order valence-electron chi connectivity index (χ2n) is 3.45. The quantitative estimate of drug-likeness (QED) is 0.551. The van der Waals surface area contributed by atoms with E-state index in [1.54, 1.807) is 6.26 Å². The van der Waals surface area contributed by atoms with Gasteiger partial charge in [0, 0.05) is 18.9 Å². The van der Waals surface area contributed by atoms with E-state index < -0.39 is 0 Å². The minimum Gasteiger partial charge on any atom is -0.469 e. The molecule has 0 fully saturated rings. The monoisotopic (exact) mass is 191 g/mol. The van der Waals surface area contributed by atoms with Crippen LogP contribution in [-0.4, -0.2) is 12.6 Å². The van der Waals surface area contributed by atoms with Gasteiger partial charge in [0.1, 0.15) is 5.76 Å². The Bertz CT molecular complexity index is 271. The van der Waals surface area contributed by atoms with E-state index in [4.69, 9.17) is 10.8 Å². The summed E-state index contributed by atoms with van der Waals surface area (Å²) in [5, 5.41) is 3.40. The zero-order valence-electron chi connectivity index (χ0n) is 8.62. The molecule has 1 aromatic rings. The van der Waals surface area contributed by atoms with Gasteiger partial charge in [0.05, 0.1) is 6.26 Å². The van der Waals surface area contributed by atoms with Crippen LogP contribution in [0, 0.1) is 12.3 Å². The zero-order chi connectivity index (χ0) is 10.2. The third-order valence-corrected chi connectivity index (χ3v) is 2.08. The molecule has 14 heavy (non-hydrogen) atoms. The standard InChI is InChI=1S/C12H17NO/c1-3-4-5-8-13-11(2)10-12-7-6-9-14-12/h1,6-7,9,11,13H,4-5,8,10H2,2H3. The van der Waals surface area contributed by atoms with Crippen molar-refractivity contribution >= 4 is 0 Å². The lowest BCUT2D eigenvalue weighted by atomic mass is 10.2. The summed E-state index contributed by atoms with van der Waals surface area (Å²) in [5.41, 5.74) is 0. The fourth-order valence-electron chi connectivity index (χ4n) is 1.34. The molecule has 76 valence electrons. The number of terminal acetylenes is 1. The second kappa shape index (κ2) is 6.28. The second-order valence-corrected chi connectivity index (χ2v) is 3.45. The lowest BCUT2D eigenvalue weighted by Gasteiger charge is -2.11. The number of rotatable bonds is 6. The Hall–Kier alpha value is -1.20. The average molecular weight is 191 g/mol. The lowest BCUT2D eigenvalue weighted by molar-refractivity contribution is 0.455. The first-order valence-electron chi connectivity index (χ1n) is 5.02. The first-order chi connectivity index (χ1) is 6.83. The number of furan rings is 1. The molecule has 0 amide bonds. The molecule has 0 aliphatic carbocycles. The van der Waals surface area contributed by atoms with Gasteiger partial charge < -0.3 is 9.73 Å². The Morgan fingerprint density at radius 2 is 2.50 bits per heavy atom. The van der Waals surface area contributed by atoms with E-state index >= 15 is 0 Å². The molecule has 1 rings (SSSR count). The molecule has 0 bridgehead atoms. The van der Waals surface area contributed by atoms with Gasteiger partial charge in [-0.1, -0.05) is 0 Å². The predicted molar refractivity (Wildman–Crippen MR) is 57.9 cm³/mol. The van der Waals surface area contributed by atoms with Crippen molar-refractivity contribution in [1.82, 2.24) is 5.32 Å². The van der Waals surface area contributed by atoms with E-state index in [9.17, 15) is 0 Å². The van der Waals surface area contributed by atoms with E-state index in [0.29, 0.717) is 6.04 Å². The van der Waals surface area contributed by atoms with Gasteiger partial charge >= 0.3 is 0 Å². The maximum Gasteiger partial charge on any atom is 0.105 e. The van der Waals surface area contributed by atoms with E-state index in [0.717, 1.165) is 31.6 Å². The highest BCUT2D eigenvalue weighted by molar-refractivity contribution is 4.99. The van der Waals surface area contributed by atoms with Crippen LogP contribution in [0.4, 0.5) is 0 Å². The van der Waals surface area contributed by atoms with E-state index in [-0.39, 0.29) is 0 Å². The minimum atomic E-state index is 0.443. The molecule has 0 aliphatic rings. The normalized spacial score (nSPS) is 12.3. The number of hydrogen-bond acceptors (Lipinski definition) is 2. The van der Waals surface area contributed by atoms with Crippen molar-refractivity contribution in [2.24, 2.45) is 0 Å². The van der Waals surface area contributed by atoms with Crippen LogP contribution in [0.3, 0.4) is 0 Å². The summed E-state index contributed by atoms with van der Waals surface area (Å²) in [6.45, 7) is 3.13. The largest absolute Gasteiger partial charge is 0.469 e. The zero-order valence-corrected chi connectivity index (χ0v) is 8.62. The van der Waals surface area contributed by atoms with Gasteiger partial charge in [-0.2, -0.15) is 0 Å². The van der Waals surface area contributed by atoms with Crippen molar-refractivity contribution in [3.63, 3.8) is 0 Å². The van der Waals surface area contributed by atoms with Gasteiger partial charge in [0.25, 0.3) is 0 Å². The van der Waals surface area contributed by atoms with Crippen LogP contribution in [0.25, 0.3) is 0 Å². The molecule has 1 heterocycles. The molecule has 2 nitrogen and oxygen atoms in total. The van der Waals surface area contributed by atoms with Gasteiger partial charge in [-0.05, 0) is 32.0 Å². The van der Waals surface area contributed by atoms with Crippen LogP contribution in [0.2, 0.25) is 0 Å². The van der Waals surface area contributed by atoms with Crippen molar-refractivity contribution in [3.8, 4) is 12.3 Å². The Morgan fingerprint density at radius 3 is 3.14 bits per heavy atom. The molecule has 0 aromatic carbocycles. The molecule has 1 N–H and O–H groups in total. The molecular weight excluding hydrogens is 174 g/mol. The van der Waals surface area contributed by atoms with Crippen LogP contribution in [0.1, 0.15) is 25.5 Å². The number of nitrogens with one attached hydrogen (secondary N) is 1. The Balaban J connectivity index is 2.11. The lowest BCUT2D eigenvalue weighted by Crippen LogP contribution is -2.28. The highest BCUT2D eigenvalue weighted by Crippen LogP contribution is 2.03. The van der Waals surface area contributed by atoms with Gasteiger partial charge in [0.15, 0.2) is 0 Å². The van der Waals surface area contributed by atoms with Gasteiger partial charge in [-0.3, -0.25) is 0 Å². The Labute approximate surface area is 85.7 Å². The van der Waals surface area contributed by atoms with Crippen molar-refractivity contribution in [2.75, 3.05) is 6.54 Å². The topological polar surface area (TPSA) is 25.2 Å². The number of hydrogen-bond donors (Lipinski definition) is 1. The molecule has 0 saturated heterocycles. The highest BCUT2D eigenvalue weighted by Gasteiger charge is 2.03. The maximum atomic E-state index is 5.26. The highest BCUT2D eigenvalue weighted by atomic mass is 16.3. The fourth-order valence-corrected chi connectivity index (χ4v) is 1.34. The molecule has 1 unspecified atom stereocenters. The average Bonchev–Trinajstić information content (AvgIpc) is 2.65. The van der Waals surface area contributed by atoms with E-state index in [1.165, 1.54) is 0 Å².